The smallest absolute Gasteiger partial charge is 0.310 e. The van der Waals surface area contributed by atoms with Crippen LogP contribution in [0.4, 0.5) is 34.1 Å². The zero-order chi connectivity index (χ0) is 53.5. The maximum Gasteiger partial charge on any atom is 0.345 e. The Bertz CT molecular complexity index is 4510. The summed E-state index contributed by atoms with van der Waals surface area (Å²) in [6, 6.07) is 110. The Balaban J connectivity index is 1.01. The maximum absolute atomic E-state index is 2.48. The van der Waals surface area contributed by atoms with Crippen LogP contribution in [0.1, 0.15) is 0 Å². The van der Waals surface area contributed by atoms with Crippen LogP contribution in [0, 0.1) is 0 Å². The molecule has 0 unspecified atom stereocenters. The fraction of sp³-hybridized carbons (Fsp3) is 0.0263. The highest BCUT2D eigenvalue weighted by Gasteiger charge is 2.25. The molecule has 0 fully saturated rings. The lowest BCUT2D eigenvalue weighted by molar-refractivity contribution is 1.30. The van der Waals surface area contributed by atoms with E-state index in [4.69, 9.17) is 0 Å². The number of thiophene rings is 1. The highest BCUT2D eigenvalue weighted by atomic mass is 32.1. The molecule has 14 rings (SSSR count). The van der Waals surface area contributed by atoms with Crippen molar-refractivity contribution >= 4 is 103 Å². The molecule has 0 saturated carbocycles. The van der Waals surface area contributed by atoms with E-state index in [1.54, 1.807) is 0 Å². The van der Waals surface area contributed by atoms with Gasteiger partial charge in [0.25, 0.3) is 0 Å². The van der Waals surface area contributed by atoms with Gasteiger partial charge in [0.15, 0.2) is 0 Å². The minimum Gasteiger partial charge on any atom is -0.310 e. The molecular formula is C76H55N2SSi+. The molecule has 378 valence electrons. The summed E-state index contributed by atoms with van der Waals surface area (Å²) in [6.45, 7) is 4.72. The summed E-state index contributed by atoms with van der Waals surface area (Å²) in [5, 5.41) is 11.0. The third-order valence-corrected chi connectivity index (χ3v) is 18.4. The van der Waals surface area contributed by atoms with Crippen LogP contribution in [0.3, 0.4) is 0 Å². The molecule has 1 aromatic heterocycles. The molecule has 0 aliphatic rings. The van der Waals surface area contributed by atoms with Crippen LogP contribution in [0.2, 0.25) is 13.1 Å². The van der Waals surface area contributed by atoms with Crippen molar-refractivity contribution < 1.29 is 0 Å². The van der Waals surface area contributed by atoms with Gasteiger partial charge in [-0.3, -0.25) is 0 Å². The number of hydrogen-bond donors (Lipinski definition) is 0. The van der Waals surface area contributed by atoms with Gasteiger partial charge in [-0.05, 0) is 174 Å². The summed E-state index contributed by atoms with van der Waals surface area (Å²) in [5.41, 5.74) is 16.4. The summed E-state index contributed by atoms with van der Waals surface area (Å²) in [5.74, 6) is 0. The van der Waals surface area contributed by atoms with Crippen LogP contribution in [0.25, 0.3) is 97.4 Å². The Morgan fingerprint density at radius 2 is 0.650 bits per heavy atom. The normalized spacial score (nSPS) is 11.4. The predicted octanol–water partition coefficient (Wildman–Crippen LogP) is 21.6. The lowest BCUT2D eigenvalue weighted by Crippen LogP contribution is -2.22. The zero-order valence-electron chi connectivity index (χ0n) is 44.6. The predicted molar refractivity (Wildman–Crippen MR) is 348 cm³/mol. The molecule has 0 radical (unpaired) electrons. The molecule has 4 heteroatoms. The van der Waals surface area contributed by atoms with Crippen molar-refractivity contribution in [1.29, 1.82) is 0 Å². The fourth-order valence-corrected chi connectivity index (χ4v) is 13.8. The first kappa shape index (κ1) is 48.8. The first-order valence-corrected chi connectivity index (χ1v) is 30.8. The molecule has 2 nitrogen and oxygen atoms in total. The molecule has 80 heavy (non-hydrogen) atoms. The van der Waals surface area contributed by atoms with Crippen molar-refractivity contribution in [2.24, 2.45) is 0 Å². The average molecular weight is 1060 g/mol. The third-order valence-electron chi connectivity index (χ3n) is 15.7. The lowest BCUT2D eigenvalue weighted by atomic mass is 9.82. The van der Waals surface area contributed by atoms with Crippen LogP contribution in [-0.4, -0.2) is 8.80 Å². The average Bonchev–Trinajstić information content (AvgIpc) is 4.16. The van der Waals surface area contributed by atoms with Crippen molar-refractivity contribution in [2.45, 2.75) is 13.1 Å². The summed E-state index contributed by atoms with van der Waals surface area (Å²) >= 11 is 1.84. The highest BCUT2D eigenvalue weighted by Crippen LogP contribution is 2.51. The van der Waals surface area contributed by atoms with E-state index >= 15 is 0 Å². The van der Waals surface area contributed by atoms with Gasteiger partial charge < -0.3 is 9.80 Å². The molecule has 0 aliphatic heterocycles. The monoisotopic (exact) mass is 1060 g/mol. The van der Waals surface area contributed by atoms with Gasteiger partial charge in [-0.1, -0.05) is 200 Å². The van der Waals surface area contributed by atoms with Crippen LogP contribution >= 0.6 is 11.3 Å². The van der Waals surface area contributed by atoms with Crippen molar-refractivity contribution in [2.75, 3.05) is 9.80 Å². The summed E-state index contributed by atoms with van der Waals surface area (Å²) in [6.07, 6.45) is 0. The number of nitrogens with zero attached hydrogens (tertiary/aromatic N) is 2. The minimum atomic E-state index is -0.606. The van der Waals surface area contributed by atoms with E-state index in [1.165, 1.54) is 103 Å². The van der Waals surface area contributed by atoms with Gasteiger partial charge in [0, 0.05) is 43.3 Å². The van der Waals surface area contributed by atoms with Crippen LogP contribution in [0.5, 0.6) is 0 Å². The Hall–Kier alpha value is -9.58. The lowest BCUT2D eigenvalue weighted by Gasteiger charge is -2.28. The molecule has 0 aliphatic carbocycles. The first-order chi connectivity index (χ1) is 39.5. The van der Waals surface area contributed by atoms with Crippen LogP contribution < -0.4 is 15.0 Å². The van der Waals surface area contributed by atoms with Crippen LogP contribution in [-0.2, 0) is 0 Å². The van der Waals surface area contributed by atoms with Crippen molar-refractivity contribution in [3.05, 3.63) is 297 Å². The van der Waals surface area contributed by atoms with Gasteiger partial charge in [0.1, 0.15) is 0 Å². The summed E-state index contributed by atoms with van der Waals surface area (Å²) < 4.78 is 0. The summed E-state index contributed by atoms with van der Waals surface area (Å²) in [7, 11) is -0.606. The van der Waals surface area contributed by atoms with Gasteiger partial charge >= 0.3 is 8.80 Å². The van der Waals surface area contributed by atoms with Crippen molar-refractivity contribution in [3.8, 4) is 54.3 Å². The SMILES string of the molecule is C[Si+](C)c1ccc(N(c2ccccc2)c2ccc(-c3c4ccccc4c(-c4ccc(N(c5ccccc5)c5ccccc5)c5ccccc45)c4cc(-c5cccc(-c6ccc(-c7ccccc7)s6)c5)ccc34)c3ccccc23)cc1. The van der Waals surface area contributed by atoms with E-state index < -0.39 is 8.80 Å². The molecule has 0 spiro atoms. The second kappa shape index (κ2) is 21.0. The van der Waals surface area contributed by atoms with E-state index in [0.29, 0.717) is 0 Å². The second-order valence-corrected chi connectivity index (χ2v) is 24.4. The van der Waals surface area contributed by atoms with E-state index in [1.807, 2.05) is 11.3 Å². The molecule has 0 amide bonds. The number of hydrogen-bond acceptors (Lipinski definition) is 3. The van der Waals surface area contributed by atoms with E-state index in [-0.39, 0.29) is 0 Å². The number of fused-ring (bicyclic) bond motifs is 4. The molecule has 0 saturated heterocycles. The van der Waals surface area contributed by atoms with Gasteiger partial charge in [-0.25, -0.2) is 0 Å². The Morgan fingerprint density at radius 3 is 1.16 bits per heavy atom. The zero-order valence-corrected chi connectivity index (χ0v) is 46.4. The molecular weight excluding hydrogens is 1000 g/mol. The topological polar surface area (TPSA) is 6.48 Å². The van der Waals surface area contributed by atoms with Crippen LogP contribution in [0.15, 0.2) is 297 Å². The van der Waals surface area contributed by atoms with E-state index in [2.05, 4.69) is 320 Å². The van der Waals surface area contributed by atoms with Gasteiger partial charge in [-0.2, -0.15) is 0 Å². The molecule has 0 atom stereocenters. The van der Waals surface area contributed by atoms with Crippen molar-refractivity contribution in [1.82, 2.24) is 0 Å². The second-order valence-electron chi connectivity index (χ2n) is 20.7. The first-order valence-electron chi connectivity index (χ1n) is 27.5. The highest BCUT2D eigenvalue weighted by molar-refractivity contribution is 7.18. The standard InChI is InChI=1S/C76H55N2SSi/c1-80(2)60-41-39-59(40-42-60)78(58-30-13-6-14-31-58)72-46-44-67(61-32-15-17-34-63(61)72)75-65-36-19-20-37-66(65)76(68-45-47-71(64-35-18-16-33-62(64)68)77(56-26-9-4-10-27-56)57-28-11-5-12-29-57)70-51-54(38-43-69(70)75)53-24-21-25-55(50-53)74-49-48-73(79-74)52-22-7-3-8-23-52/h3-51H,1-2H3/q+1. The number of anilines is 6. The summed E-state index contributed by atoms with van der Waals surface area (Å²) in [4.78, 5) is 7.34. The molecule has 13 aromatic carbocycles. The van der Waals surface area contributed by atoms with Gasteiger partial charge in [0.2, 0.25) is 0 Å². The molecule has 0 bridgehead atoms. The van der Waals surface area contributed by atoms with Gasteiger partial charge in [-0.15, -0.1) is 11.3 Å². The number of rotatable bonds is 12. The van der Waals surface area contributed by atoms with Gasteiger partial charge in [0.05, 0.1) is 29.7 Å². The van der Waals surface area contributed by atoms with E-state index in [9.17, 15) is 0 Å². The fourth-order valence-electron chi connectivity index (χ4n) is 12.0. The largest absolute Gasteiger partial charge is 0.345 e. The Labute approximate surface area is 474 Å². The third kappa shape index (κ3) is 8.85. The van der Waals surface area contributed by atoms with E-state index in [0.717, 1.165) is 34.1 Å². The number of benzene rings is 13. The minimum absolute atomic E-state index is 0.606. The Kier molecular flexibility index (Phi) is 12.8. The molecule has 14 aromatic rings. The van der Waals surface area contributed by atoms with Crippen molar-refractivity contribution in [3.63, 3.8) is 0 Å². The Morgan fingerprint density at radius 1 is 0.263 bits per heavy atom. The molecule has 0 N–H and O–H groups in total. The number of para-hydroxylation sites is 3. The quantitative estimate of drug-likeness (QED) is 0.0889. The molecule has 1 heterocycles. The maximum atomic E-state index is 2.48.